The summed E-state index contributed by atoms with van der Waals surface area (Å²) in [6.07, 6.45) is 2.79. The lowest BCUT2D eigenvalue weighted by Gasteiger charge is -2.18. The molecule has 0 saturated carbocycles. The molecule has 1 fully saturated rings. The molecular formula is C19H27N2O3S2+. The smallest absolute Gasteiger partial charge is 0.266 e. The van der Waals surface area contributed by atoms with Gasteiger partial charge in [0.25, 0.3) is 5.91 Å². The molecule has 1 aliphatic heterocycles. The van der Waals surface area contributed by atoms with Crippen LogP contribution < -0.4 is 14.4 Å². The van der Waals surface area contributed by atoms with Crippen molar-refractivity contribution >= 4 is 40.3 Å². The zero-order valence-electron chi connectivity index (χ0n) is 15.8. The van der Waals surface area contributed by atoms with Crippen LogP contribution in [0.2, 0.25) is 0 Å². The van der Waals surface area contributed by atoms with Gasteiger partial charge in [0.2, 0.25) is 0 Å². The Balaban J connectivity index is 2.09. The molecule has 5 nitrogen and oxygen atoms in total. The minimum atomic E-state index is -0.0209. The zero-order chi connectivity index (χ0) is 19.1. The van der Waals surface area contributed by atoms with Crippen LogP contribution >= 0.6 is 24.0 Å². The summed E-state index contributed by atoms with van der Waals surface area (Å²) in [5.74, 6) is 1.36. The maximum Gasteiger partial charge on any atom is 0.266 e. The number of amides is 1. The SMILES string of the molecule is CC[NH+](CC)CCCN1C(=O)/C(=C/c2ccc(OC)cc2OC)SC1=S. The van der Waals surface area contributed by atoms with E-state index in [0.29, 0.717) is 27.3 Å². The van der Waals surface area contributed by atoms with Gasteiger partial charge in [-0.05, 0) is 32.1 Å². The minimum absolute atomic E-state index is 0.0209. The first kappa shape index (κ1) is 20.7. The third-order valence-electron chi connectivity index (χ3n) is 4.51. The van der Waals surface area contributed by atoms with Crippen LogP contribution in [0.3, 0.4) is 0 Å². The Bertz CT molecular complexity index is 687. The molecule has 0 aromatic heterocycles. The first-order chi connectivity index (χ1) is 12.5. The third-order valence-corrected chi connectivity index (χ3v) is 5.89. The van der Waals surface area contributed by atoms with Gasteiger partial charge in [-0.25, -0.2) is 0 Å². The number of nitrogens with one attached hydrogen (secondary N) is 1. The largest absolute Gasteiger partial charge is 0.497 e. The molecule has 1 aromatic rings. The second-order valence-corrected chi connectivity index (χ2v) is 7.68. The number of hydrogen-bond acceptors (Lipinski definition) is 5. The van der Waals surface area contributed by atoms with Crippen molar-refractivity contribution in [2.75, 3.05) is 40.4 Å². The molecule has 7 heteroatoms. The van der Waals surface area contributed by atoms with E-state index in [0.717, 1.165) is 31.6 Å². The van der Waals surface area contributed by atoms with Gasteiger partial charge in [0, 0.05) is 24.6 Å². The van der Waals surface area contributed by atoms with Gasteiger partial charge in [-0.2, -0.15) is 0 Å². The maximum atomic E-state index is 12.7. The number of ether oxygens (including phenoxy) is 2. The van der Waals surface area contributed by atoms with E-state index in [2.05, 4.69) is 13.8 Å². The molecule has 0 unspecified atom stereocenters. The fourth-order valence-electron chi connectivity index (χ4n) is 2.86. The van der Waals surface area contributed by atoms with Gasteiger partial charge in [0.05, 0.1) is 38.8 Å². The Kier molecular flexibility index (Phi) is 7.93. The van der Waals surface area contributed by atoms with Gasteiger partial charge in [-0.1, -0.05) is 24.0 Å². The lowest BCUT2D eigenvalue weighted by atomic mass is 10.1. The molecule has 0 atom stereocenters. The number of methoxy groups -OCH3 is 2. The van der Waals surface area contributed by atoms with E-state index < -0.39 is 0 Å². The molecule has 0 aliphatic carbocycles. The Morgan fingerprint density at radius 3 is 2.58 bits per heavy atom. The summed E-state index contributed by atoms with van der Waals surface area (Å²) < 4.78 is 11.3. The fraction of sp³-hybridized carbons (Fsp3) is 0.474. The van der Waals surface area contributed by atoms with Crippen molar-refractivity contribution < 1.29 is 19.2 Å². The highest BCUT2D eigenvalue weighted by Gasteiger charge is 2.32. The molecule has 0 spiro atoms. The summed E-state index contributed by atoms with van der Waals surface area (Å²) in [4.78, 5) is 16.6. The van der Waals surface area contributed by atoms with Crippen molar-refractivity contribution in [3.8, 4) is 11.5 Å². The molecule has 26 heavy (non-hydrogen) atoms. The number of benzene rings is 1. The number of thiocarbonyl (C=S) groups is 1. The van der Waals surface area contributed by atoms with E-state index in [4.69, 9.17) is 21.7 Å². The number of thioether (sulfide) groups is 1. The molecule has 1 aromatic carbocycles. The molecule has 2 rings (SSSR count). The summed E-state index contributed by atoms with van der Waals surface area (Å²) in [5.41, 5.74) is 0.835. The van der Waals surface area contributed by atoms with Gasteiger partial charge in [-0.15, -0.1) is 0 Å². The van der Waals surface area contributed by atoms with Gasteiger partial charge < -0.3 is 14.4 Å². The highest BCUT2D eigenvalue weighted by Crippen LogP contribution is 2.35. The molecule has 1 N–H and O–H groups in total. The van der Waals surface area contributed by atoms with Crippen LogP contribution in [0.4, 0.5) is 0 Å². The molecule has 1 amide bonds. The van der Waals surface area contributed by atoms with Crippen LogP contribution in [0, 0.1) is 0 Å². The molecule has 142 valence electrons. The number of quaternary nitrogens is 1. The van der Waals surface area contributed by atoms with E-state index in [1.54, 1.807) is 25.2 Å². The van der Waals surface area contributed by atoms with Gasteiger partial charge in [0.1, 0.15) is 15.8 Å². The average Bonchev–Trinajstić information content (AvgIpc) is 2.92. The fourth-order valence-corrected chi connectivity index (χ4v) is 4.16. The number of carbonyl (C=O) groups is 1. The zero-order valence-corrected chi connectivity index (χ0v) is 17.5. The maximum absolute atomic E-state index is 12.7. The third kappa shape index (κ3) is 4.99. The first-order valence-electron chi connectivity index (χ1n) is 8.84. The van der Waals surface area contributed by atoms with Gasteiger partial charge >= 0.3 is 0 Å². The summed E-state index contributed by atoms with van der Waals surface area (Å²) >= 11 is 6.77. The summed E-state index contributed by atoms with van der Waals surface area (Å²) in [6, 6.07) is 5.54. The number of rotatable bonds is 9. The quantitative estimate of drug-likeness (QED) is 0.513. The molecular weight excluding hydrogens is 368 g/mol. The van der Waals surface area contributed by atoms with Crippen LogP contribution in [-0.2, 0) is 4.79 Å². The lowest BCUT2D eigenvalue weighted by molar-refractivity contribution is -0.896. The Hall–Kier alpha value is -1.57. The van der Waals surface area contributed by atoms with Gasteiger partial charge in [-0.3, -0.25) is 9.69 Å². The number of carbonyl (C=O) groups excluding carboxylic acids is 1. The second kappa shape index (κ2) is 9.94. The minimum Gasteiger partial charge on any atom is -0.497 e. The van der Waals surface area contributed by atoms with E-state index in [1.165, 1.54) is 16.7 Å². The highest BCUT2D eigenvalue weighted by atomic mass is 32.2. The van der Waals surface area contributed by atoms with Crippen molar-refractivity contribution in [3.05, 3.63) is 28.7 Å². The molecule has 1 heterocycles. The van der Waals surface area contributed by atoms with Crippen molar-refractivity contribution in [2.24, 2.45) is 0 Å². The topological polar surface area (TPSA) is 43.2 Å². The van der Waals surface area contributed by atoms with Gasteiger partial charge in [0.15, 0.2) is 0 Å². The summed E-state index contributed by atoms with van der Waals surface area (Å²) in [7, 11) is 3.21. The van der Waals surface area contributed by atoms with Crippen LogP contribution in [0.25, 0.3) is 6.08 Å². The Morgan fingerprint density at radius 1 is 1.23 bits per heavy atom. The molecule has 0 radical (unpaired) electrons. The predicted octanol–water partition coefficient (Wildman–Crippen LogP) is 2.22. The van der Waals surface area contributed by atoms with Crippen LogP contribution in [0.1, 0.15) is 25.8 Å². The van der Waals surface area contributed by atoms with Crippen LogP contribution in [0.5, 0.6) is 11.5 Å². The van der Waals surface area contributed by atoms with Crippen molar-refractivity contribution in [2.45, 2.75) is 20.3 Å². The predicted molar refractivity (Wildman–Crippen MR) is 111 cm³/mol. The van der Waals surface area contributed by atoms with Crippen molar-refractivity contribution in [3.63, 3.8) is 0 Å². The van der Waals surface area contributed by atoms with Crippen LogP contribution in [-0.4, -0.2) is 55.5 Å². The monoisotopic (exact) mass is 395 g/mol. The Labute approximate surface area is 165 Å². The molecule has 1 aliphatic rings. The average molecular weight is 396 g/mol. The first-order valence-corrected chi connectivity index (χ1v) is 10.1. The van der Waals surface area contributed by atoms with E-state index in [-0.39, 0.29) is 5.91 Å². The number of nitrogens with zero attached hydrogens (tertiary/aromatic N) is 1. The molecule has 0 bridgehead atoms. The number of hydrogen-bond donors (Lipinski definition) is 1. The highest BCUT2D eigenvalue weighted by molar-refractivity contribution is 8.26. The van der Waals surface area contributed by atoms with E-state index in [1.807, 2.05) is 18.2 Å². The summed E-state index contributed by atoms with van der Waals surface area (Å²) in [6.45, 7) is 8.30. The van der Waals surface area contributed by atoms with Crippen LogP contribution in [0.15, 0.2) is 23.1 Å². The summed E-state index contributed by atoms with van der Waals surface area (Å²) in [5, 5.41) is 0. The second-order valence-electron chi connectivity index (χ2n) is 6.00. The standard InChI is InChI=1S/C19H26N2O3S2/c1-5-20(6-2)10-7-11-21-18(22)17(26-19(21)25)12-14-8-9-15(23-3)13-16(14)24-4/h8-9,12-13H,5-7,10-11H2,1-4H3/p+1/b17-12-. The van der Waals surface area contributed by atoms with Crippen molar-refractivity contribution in [1.29, 1.82) is 0 Å². The lowest BCUT2D eigenvalue weighted by Crippen LogP contribution is -3.11. The van der Waals surface area contributed by atoms with E-state index in [9.17, 15) is 4.79 Å². The van der Waals surface area contributed by atoms with Crippen molar-refractivity contribution in [1.82, 2.24) is 4.90 Å². The normalized spacial score (nSPS) is 16.0. The van der Waals surface area contributed by atoms with E-state index >= 15 is 0 Å². The molecule has 1 saturated heterocycles. The Morgan fingerprint density at radius 2 is 1.96 bits per heavy atom.